The van der Waals surface area contributed by atoms with Crippen LogP contribution >= 0.6 is 12.6 Å². The maximum Gasteiger partial charge on any atom is 0.0966 e. The molecule has 0 saturated heterocycles. The zero-order valence-electron chi connectivity index (χ0n) is 7.13. The van der Waals surface area contributed by atoms with Gasteiger partial charge in [-0.15, -0.1) is 12.6 Å². The molecule has 0 N–H and O–H groups in total. The summed E-state index contributed by atoms with van der Waals surface area (Å²) in [7, 11) is 0. The molecule has 0 spiro atoms. The number of nitrogens with zero attached hydrogens (tertiary/aromatic N) is 1. The van der Waals surface area contributed by atoms with Gasteiger partial charge < -0.3 is 0 Å². The van der Waals surface area contributed by atoms with E-state index in [9.17, 15) is 0 Å². The molecule has 1 aromatic rings. The molecule has 0 saturated carbocycles. The molecule has 1 nitrogen and oxygen atoms in total. The highest BCUT2D eigenvalue weighted by Gasteiger charge is 2.16. The van der Waals surface area contributed by atoms with E-state index in [0.29, 0.717) is 0 Å². The predicted octanol–water partition coefficient (Wildman–Crippen LogP) is 2.67. The first-order valence-electron chi connectivity index (χ1n) is 3.66. The number of rotatable bonds is 0. The Kier molecular flexibility index (Phi) is 2.23. The van der Waals surface area contributed by atoms with Crippen molar-refractivity contribution in [2.75, 3.05) is 0 Å². The van der Waals surface area contributed by atoms with E-state index in [0.717, 1.165) is 5.03 Å². The Morgan fingerprint density at radius 1 is 1.36 bits per heavy atom. The number of hydrogen-bond acceptors (Lipinski definition) is 2. The van der Waals surface area contributed by atoms with Crippen LogP contribution in [0.5, 0.6) is 0 Å². The van der Waals surface area contributed by atoms with E-state index in [2.05, 4.69) is 44.5 Å². The first kappa shape index (κ1) is 8.60. The molecule has 0 aromatic carbocycles. The van der Waals surface area contributed by atoms with Gasteiger partial charge in [0.2, 0.25) is 0 Å². The maximum atomic E-state index is 4.28. The summed E-state index contributed by atoms with van der Waals surface area (Å²) in [6, 6.07) is 4.01. The molecule has 0 aliphatic carbocycles. The second-order valence-corrected chi connectivity index (χ2v) is 4.05. The largest absolute Gasteiger partial charge is 0.250 e. The average Bonchev–Trinajstić information content (AvgIpc) is 1.86. The van der Waals surface area contributed by atoms with Crippen LogP contribution in [0, 0.1) is 0 Å². The molecule has 1 rings (SSSR count). The number of hydrogen-bond donors (Lipinski definition) is 1. The van der Waals surface area contributed by atoms with Crippen molar-refractivity contribution in [2.24, 2.45) is 0 Å². The average molecular weight is 167 g/mol. The molecule has 1 aromatic heterocycles. The lowest BCUT2D eigenvalue weighted by Gasteiger charge is -2.19. The van der Waals surface area contributed by atoms with Gasteiger partial charge in [0.15, 0.2) is 0 Å². The second kappa shape index (κ2) is 2.86. The number of aromatic nitrogens is 1. The third-order valence-corrected chi connectivity index (χ3v) is 1.95. The highest BCUT2D eigenvalue weighted by molar-refractivity contribution is 7.80. The quantitative estimate of drug-likeness (QED) is 0.586. The Labute approximate surface area is 73.3 Å². The van der Waals surface area contributed by atoms with Gasteiger partial charge in [-0.25, -0.2) is 4.98 Å². The lowest BCUT2D eigenvalue weighted by Crippen LogP contribution is -2.12. The van der Waals surface area contributed by atoms with Gasteiger partial charge in [-0.3, -0.25) is 0 Å². The summed E-state index contributed by atoms with van der Waals surface area (Å²) >= 11 is 4.28. The van der Waals surface area contributed by atoms with Crippen molar-refractivity contribution in [3.63, 3.8) is 0 Å². The lowest BCUT2D eigenvalue weighted by atomic mass is 9.88. The molecule has 0 radical (unpaired) electrons. The van der Waals surface area contributed by atoms with Crippen LogP contribution in [0.4, 0.5) is 0 Å². The fraction of sp³-hybridized carbons (Fsp3) is 0.444. The summed E-state index contributed by atoms with van der Waals surface area (Å²) in [4.78, 5) is 4.11. The van der Waals surface area contributed by atoms with Gasteiger partial charge in [0.05, 0.1) is 5.03 Å². The highest BCUT2D eigenvalue weighted by atomic mass is 32.1. The number of thiol groups is 1. The van der Waals surface area contributed by atoms with Crippen LogP contribution < -0.4 is 0 Å². The molecule has 1 heterocycles. The summed E-state index contributed by atoms with van der Waals surface area (Å²) in [5.41, 5.74) is 1.34. The molecule has 0 unspecified atom stereocenters. The van der Waals surface area contributed by atoms with E-state index in [1.54, 1.807) is 6.20 Å². The van der Waals surface area contributed by atoms with Gasteiger partial charge in [-0.2, -0.15) is 0 Å². The van der Waals surface area contributed by atoms with Crippen LogP contribution in [-0.4, -0.2) is 4.98 Å². The number of pyridine rings is 1. The summed E-state index contributed by atoms with van der Waals surface area (Å²) in [5, 5.41) is 0.833. The standard InChI is InChI=1S/C9H13NS/c1-9(2,3)7-5-4-6-10-8(7)11/h4-6H,1-3H3,(H,10,11). The van der Waals surface area contributed by atoms with Gasteiger partial charge in [0, 0.05) is 6.20 Å². The molecule has 0 amide bonds. The van der Waals surface area contributed by atoms with Crippen LogP contribution in [0.15, 0.2) is 23.4 Å². The summed E-state index contributed by atoms with van der Waals surface area (Å²) in [6.45, 7) is 6.47. The van der Waals surface area contributed by atoms with Gasteiger partial charge in [-0.1, -0.05) is 26.8 Å². The molecular weight excluding hydrogens is 154 g/mol. The van der Waals surface area contributed by atoms with Gasteiger partial charge in [-0.05, 0) is 17.0 Å². The molecule has 0 atom stereocenters. The van der Waals surface area contributed by atoms with Crippen LogP contribution in [-0.2, 0) is 5.41 Å². The minimum Gasteiger partial charge on any atom is -0.250 e. The molecule has 0 bridgehead atoms. The highest BCUT2D eigenvalue weighted by Crippen LogP contribution is 2.25. The molecule has 11 heavy (non-hydrogen) atoms. The maximum absolute atomic E-state index is 4.28. The molecule has 60 valence electrons. The van der Waals surface area contributed by atoms with Gasteiger partial charge in [0.25, 0.3) is 0 Å². The van der Waals surface area contributed by atoms with Crippen LogP contribution in [0.2, 0.25) is 0 Å². The lowest BCUT2D eigenvalue weighted by molar-refractivity contribution is 0.572. The first-order valence-corrected chi connectivity index (χ1v) is 4.11. The Morgan fingerprint density at radius 3 is 2.36 bits per heavy atom. The fourth-order valence-electron chi connectivity index (χ4n) is 0.982. The monoisotopic (exact) mass is 167 g/mol. The first-order chi connectivity index (χ1) is 5.02. The smallest absolute Gasteiger partial charge is 0.0966 e. The van der Waals surface area contributed by atoms with Crippen molar-refractivity contribution in [1.82, 2.24) is 4.98 Å². The Balaban J connectivity index is 3.14. The van der Waals surface area contributed by atoms with Crippen LogP contribution in [0.1, 0.15) is 26.3 Å². The molecule has 0 aliphatic rings. The summed E-state index contributed by atoms with van der Waals surface area (Å²) in [6.07, 6.45) is 1.76. The van der Waals surface area contributed by atoms with E-state index in [-0.39, 0.29) is 5.41 Å². The van der Waals surface area contributed by atoms with E-state index >= 15 is 0 Å². The summed E-state index contributed by atoms with van der Waals surface area (Å²) < 4.78 is 0. The Hall–Kier alpha value is -0.500. The third-order valence-electron chi connectivity index (χ3n) is 1.59. The summed E-state index contributed by atoms with van der Waals surface area (Å²) in [5.74, 6) is 0. The van der Waals surface area contributed by atoms with Crippen molar-refractivity contribution in [2.45, 2.75) is 31.2 Å². The topological polar surface area (TPSA) is 12.9 Å². The van der Waals surface area contributed by atoms with Gasteiger partial charge in [0.1, 0.15) is 0 Å². The Morgan fingerprint density at radius 2 is 2.00 bits per heavy atom. The van der Waals surface area contributed by atoms with Crippen LogP contribution in [0.3, 0.4) is 0 Å². The second-order valence-electron chi connectivity index (χ2n) is 3.62. The minimum atomic E-state index is 0.144. The van der Waals surface area contributed by atoms with Crippen LogP contribution in [0.25, 0.3) is 0 Å². The predicted molar refractivity (Wildman–Crippen MR) is 50.2 cm³/mol. The zero-order chi connectivity index (χ0) is 8.48. The van der Waals surface area contributed by atoms with E-state index in [1.165, 1.54) is 5.56 Å². The van der Waals surface area contributed by atoms with Crippen molar-refractivity contribution < 1.29 is 0 Å². The molecule has 0 fully saturated rings. The minimum absolute atomic E-state index is 0.144. The van der Waals surface area contributed by atoms with E-state index in [4.69, 9.17) is 0 Å². The fourth-order valence-corrected chi connectivity index (χ4v) is 1.46. The molecule has 0 aliphatic heterocycles. The Bertz CT molecular complexity index is 250. The van der Waals surface area contributed by atoms with Crippen molar-refractivity contribution in [3.8, 4) is 0 Å². The van der Waals surface area contributed by atoms with Crippen molar-refractivity contribution in [3.05, 3.63) is 23.9 Å². The van der Waals surface area contributed by atoms with Crippen molar-refractivity contribution in [1.29, 1.82) is 0 Å². The third kappa shape index (κ3) is 1.96. The van der Waals surface area contributed by atoms with Gasteiger partial charge >= 0.3 is 0 Å². The van der Waals surface area contributed by atoms with E-state index in [1.807, 2.05) is 6.07 Å². The SMILES string of the molecule is CC(C)(C)c1cccnc1S. The van der Waals surface area contributed by atoms with E-state index < -0.39 is 0 Å². The molecular formula is C9H13NS. The molecule has 2 heteroatoms. The zero-order valence-corrected chi connectivity index (χ0v) is 8.02. The normalized spacial score (nSPS) is 11.6. The van der Waals surface area contributed by atoms with Crippen molar-refractivity contribution >= 4 is 12.6 Å².